The first-order chi connectivity index (χ1) is 10.8. The maximum absolute atomic E-state index is 12.0. The van der Waals surface area contributed by atoms with Gasteiger partial charge in [-0.25, -0.2) is 0 Å². The monoisotopic (exact) mass is 330 g/mol. The quantitative estimate of drug-likeness (QED) is 0.843. The Morgan fingerprint density at radius 3 is 2.52 bits per heavy atom. The number of nitrogens with one attached hydrogen (secondary N) is 1. The third-order valence-corrected chi connectivity index (χ3v) is 4.06. The standard InChI is InChI=1S/C16H21F3N2O2/c17-16(18,19)23-13-6-4-11(5-7-13)8-9-21-15(22)10-12-2-1-3-14(12)20/h4-7,12,14H,1-3,8-10,20H2,(H,21,22)/t12-,14+/m0/s1. The molecule has 1 aliphatic rings. The predicted molar refractivity (Wildman–Crippen MR) is 79.8 cm³/mol. The zero-order valence-corrected chi connectivity index (χ0v) is 12.7. The molecule has 2 rings (SSSR count). The first kappa shape index (κ1) is 17.6. The molecule has 1 aromatic rings. The number of hydrogen-bond donors (Lipinski definition) is 2. The Labute approximate surface area is 133 Å². The predicted octanol–water partition coefficient (Wildman–Crippen LogP) is 2.76. The van der Waals surface area contributed by atoms with E-state index in [1.54, 1.807) is 12.1 Å². The zero-order valence-electron chi connectivity index (χ0n) is 12.7. The normalized spacial score (nSPS) is 21.2. The van der Waals surface area contributed by atoms with Gasteiger partial charge in [0.2, 0.25) is 5.91 Å². The summed E-state index contributed by atoms with van der Waals surface area (Å²) in [5.74, 6) is -0.0151. The molecule has 0 aromatic heterocycles. The number of hydrogen-bond acceptors (Lipinski definition) is 3. The minimum atomic E-state index is -4.68. The lowest BCUT2D eigenvalue weighted by Crippen LogP contribution is -2.32. The first-order valence-corrected chi connectivity index (χ1v) is 7.70. The molecule has 0 aliphatic heterocycles. The Balaban J connectivity index is 1.70. The minimum Gasteiger partial charge on any atom is -0.406 e. The number of halogens is 3. The summed E-state index contributed by atoms with van der Waals surface area (Å²) < 4.78 is 40.0. The SMILES string of the molecule is N[C@@H]1CCC[C@H]1CC(=O)NCCc1ccc(OC(F)(F)F)cc1. The van der Waals surface area contributed by atoms with Crippen molar-refractivity contribution in [1.82, 2.24) is 5.32 Å². The number of carbonyl (C=O) groups excluding carboxylic acids is 1. The van der Waals surface area contributed by atoms with Crippen molar-refractivity contribution < 1.29 is 22.7 Å². The summed E-state index contributed by atoms with van der Waals surface area (Å²) in [6.07, 6.45) is -0.643. The Kier molecular flexibility index (Phi) is 5.87. The van der Waals surface area contributed by atoms with Gasteiger partial charge in [0.05, 0.1) is 0 Å². The van der Waals surface area contributed by atoms with Crippen LogP contribution in [0.2, 0.25) is 0 Å². The van der Waals surface area contributed by atoms with Gasteiger partial charge in [-0.05, 0) is 42.9 Å². The largest absolute Gasteiger partial charge is 0.573 e. The second-order valence-electron chi connectivity index (χ2n) is 5.85. The summed E-state index contributed by atoms with van der Waals surface area (Å²) in [6, 6.07) is 5.76. The number of carbonyl (C=O) groups is 1. The fourth-order valence-corrected chi connectivity index (χ4v) is 2.83. The van der Waals surface area contributed by atoms with E-state index in [1.807, 2.05) is 0 Å². The molecular formula is C16H21F3N2O2. The highest BCUT2D eigenvalue weighted by molar-refractivity contribution is 5.76. The van der Waals surface area contributed by atoms with Gasteiger partial charge in [0.1, 0.15) is 5.75 Å². The molecule has 0 radical (unpaired) electrons. The van der Waals surface area contributed by atoms with Gasteiger partial charge in [-0.3, -0.25) is 4.79 Å². The summed E-state index contributed by atoms with van der Waals surface area (Å²) in [5.41, 5.74) is 6.76. The minimum absolute atomic E-state index is 0.0237. The number of ether oxygens (including phenoxy) is 1. The Hall–Kier alpha value is -1.76. The van der Waals surface area contributed by atoms with Crippen LogP contribution in [-0.4, -0.2) is 24.9 Å². The second kappa shape index (κ2) is 7.68. The fraction of sp³-hybridized carbons (Fsp3) is 0.562. The Morgan fingerprint density at radius 1 is 1.26 bits per heavy atom. The highest BCUT2D eigenvalue weighted by Crippen LogP contribution is 2.26. The van der Waals surface area contributed by atoms with Gasteiger partial charge >= 0.3 is 6.36 Å². The number of rotatable bonds is 6. The lowest BCUT2D eigenvalue weighted by Gasteiger charge is -2.14. The van der Waals surface area contributed by atoms with Crippen molar-refractivity contribution in [3.8, 4) is 5.75 Å². The van der Waals surface area contributed by atoms with E-state index in [4.69, 9.17) is 5.73 Å². The molecule has 1 amide bonds. The third-order valence-electron chi connectivity index (χ3n) is 4.06. The van der Waals surface area contributed by atoms with Crippen LogP contribution in [0.4, 0.5) is 13.2 Å². The second-order valence-corrected chi connectivity index (χ2v) is 5.85. The van der Waals surface area contributed by atoms with Crippen molar-refractivity contribution in [2.45, 2.75) is 44.5 Å². The van der Waals surface area contributed by atoms with Gasteiger partial charge in [0.25, 0.3) is 0 Å². The van der Waals surface area contributed by atoms with Crippen molar-refractivity contribution in [1.29, 1.82) is 0 Å². The number of nitrogens with two attached hydrogens (primary N) is 1. The lowest BCUT2D eigenvalue weighted by atomic mass is 10.00. The number of amides is 1. The van der Waals surface area contributed by atoms with E-state index in [-0.39, 0.29) is 23.6 Å². The molecule has 4 nitrogen and oxygen atoms in total. The smallest absolute Gasteiger partial charge is 0.406 e. The van der Waals surface area contributed by atoms with Crippen molar-refractivity contribution in [3.05, 3.63) is 29.8 Å². The fourth-order valence-electron chi connectivity index (χ4n) is 2.83. The molecule has 0 saturated heterocycles. The van der Waals surface area contributed by atoms with Crippen LogP contribution in [-0.2, 0) is 11.2 Å². The number of benzene rings is 1. The van der Waals surface area contributed by atoms with Crippen LogP contribution in [0.25, 0.3) is 0 Å². The van der Waals surface area contributed by atoms with Crippen LogP contribution < -0.4 is 15.8 Å². The zero-order chi connectivity index (χ0) is 16.9. The van der Waals surface area contributed by atoms with Crippen LogP contribution in [0.3, 0.4) is 0 Å². The average Bonchev–Trinajstić information content (AvgIpc) is 2.84. The van der Waals surface area contributed by atoms with E-state index in [0.29, 0.717) is 19.4 Å². The van der Waals surface area contributed by atoms with Gasteiger partial charge < -0.3 is 15.8 Å². The lowest BCUT2D eigenvalue weighted by molar-refractivity contribution is -0.274. The molecule has 1 saturated carbocycles. The van der Waals surface area contributed by atoms with Crippen LogP contribution in [0, 0.1) is 5.92 Å². The molecule has 1 aromatic carbocycles. The molecule has 0 spiro atoms. The molecule has 7 heteroatoms. The van der Waals surface area contributed by atoms with Gasteiger partial charge in [-0.1, -0.05) is 18.6 Å². The van der Waals surface area contributed by atoms with Crippen molar-refractivity contribution in [3.63, 3.8) is 0 Å². The first-order valence-electron chi connectivity index (χ1n) is 7.70. The maximum Gasteiger partial charge on any atom is 0.573 e. The van der Waals surface area contributed by atoms with E-state index in [0.717, 1.165) is 24.8 Å². The third kappa shape index (κ3) is 6.09. The molecular weight excluding hydrogens is 309 g/mol. The van der Waals surface area contributed by atoms with Crippen LogP contribution >= 0.6 is 0 Å². The Morgan fingerprint density at radius 2 is 1.96 bits per heavy atom. The highest BCUT2D eigenvalue weighted by Gasteiger charge is 2.31. The van der Waals surface area contributed by atoms with Crippen molar-refractivity contribution in [2.75, 3.05) is 6.54 Å². The summed E-state index contributed by atoms with van der Waals surface area (Å²) in [7, 11) is 0. The van der Waals surface area contributed by atoms with Gasteiger partial charge in [0, 0.05) is 19.0 Å². The maximum atomic E-state index is 12.0. The molecule has 0 heterocycles. The van der Waals surface area contributed by atoms with E-state index >= 15 is 0 Å². The van der Waals surface area contributed by atoms with Gasteiger partial charge in [-0.2, -0.15) is 0 Å². The van der Waals surface area contributed by atoms with Crippen LogP contribution in [0.15, 0.2) is 24.3 Å². The van der Waals surface area contributed by atoms with E-state index in [2.05, 4.69) is 10.1 Å². The van der Waals surface area contributed by atoms with Crippen LogP contribution in [0.1, 0.15) is 31.2 Å². The van der Waals surface area contributed by atoms with E-state index in [9.17, 15) is 18.0 Å². The van der Waals surface area contributed by atoms with Crippen molar-refractivity contribution in [2.24, 2.45) is 11.7 Å². The van der Waals surface area contributed by atoms with Crippen LogP contribution in [0.5, 0.6) is 5.75 Å². The van der Waals surface area contributed by atoms with Gasteiger partial charge in [0.15, 0.2) is 0 Å². The Bertz CT molecular complexity index is 517. The molecule has 1 fully saturated rings. The molecule has 2 atom stereocenters. The molecule has 23 heavy (non-hydrogen) atoms. The summed E-state index contributed by atoms with van der Waals surface area (Å²) in [4.78, 5) is 11.8. The molecule has 128 valence electrons. The van der Waals surface area contributed by atoms with Crippen molar-refractivity contribution >= 4 is 5.91 Å². The molecule has 3 N–H and O–H groups in total. The van der Waals surface area contributed by atoms with E-state index < -0.39 is 6.36 Å². The van der Waals surface area contributed by atoms with Gasteiger partial charge in [-0.15, -0.1) is 13.2 Å². The number of alkyl halides is 3. The van der Waals surface area contributed by atoms with E-state index in [1.165, 1.54) is 12.1 Å². The summed E-state index contributed by atoms with van der Waals surface area (Å²) in [5, 5.41) is 2.83. The molecule has 1 aliphatic carbocycles. The average molecular weight is 330 g/mol. The summed E-state index contributed by atoms with van der Waals surface area (Å²) in [6.45, 7) is 0.445. The summed E-state index contributed by atoms with van der Waals surface area (Å²) >= 11 is 0. The molecule has 0 unspecified atom stereocenters. The topological polar surface area (TPSA) is 64.4 Å². The molecule has 0 bridgehead atoms. The highest BCUT2D eigenvalue weighted by atomic mass is 19.4.